The van der Waals surface area contributed by atoms with E-state index in [1.54, 1.807) is 0 Å². The Kier molecular flexibility index (Phi) is 5.20. The van der Waals surface area contributed by atoms with Crippen molar-refractivity contribution in [2.45, 2.75) is 38.6 Å². The van der Waals surface area contributed by atoms with Crippen LogP contribution in [0.4, 0.5) is 19.3 Å². The third-order valence-electron chi connectivity index (χ3n) is 5.05. The number of anilines is 1. The summed E-state index contributed by atoms with van der Waals surface area (Å²) in [6.07, 6.45) is 4.06. The van der Waals surface area contributed by atoms with E-state index in [4.69, 9.17) is 0 Å². The number of urea groups is 1. The Bertz CT molecular complexity index is 668. The molecule has 0 radical (unpaired) electrons. The highest BCUT2D eigenvalue weighted by Crippen LogP contribution is 2.24. The first-order valence-corrected chi connectivity index (χ1v) is 8.82. The van der Waals surface area contributed by atoms with E-state index in [0.29, 0.717) is 18.8 Å². The maximum atomic E-state index is 13.4. The summed E-state index contributed by atoms with van der Waals surface area (Å²) < 4.78 is 26.5. The molecule has 0 bridgehead atoms. The van der Waals surface area contributed by atoms with Gasteiger partial charge in [-0.2, -0.15) is 0 Å². The molecule has 2 fully saturated rings. The summed E-state index contributed by atoms with van der Waals surface area (Å²) >= 11 is 0. The van der Waals surface area contributed by atoms with E-state index in [9.17, 15) is 18.4 Å². The lowest BCUT2D eigenvalue weighted by Gasteiger charge is -2.36. The third-order valence-corrected chi connectivity index (χ3v) is 5.05. The molecule has 0 saturated carbocycles. The van der Waals surface area contributed by atoms with Crippen molar-refractivity contribution in [2.75, 3.05) is 31.1 Å². The minimum absolute atomic E-state index is 0.0352. The molecule has 2 heterocycles. The summed E-state index contributed by atoms with van der Waals surface area (Å²) in [4.78, 5) is 29.9. The highest BCUT2D eigenvalue weighted by molar-refractivity contribution is 5.96. The average molecular weight is 351 g/mol. The number of hydrogen-bond donors (Lipinski definition) is 0. The maximum Gasteiger partial charge on any atom is 0.325 e. The van der Waals surface area contributed by atoms with Crippen molar-refractivity contribution < 1.29 is 18.4 Å². The SMILES string of the molecule is CCC1CCCCN1C(=O)CN1CCN(c2ccc(F)c(F)c2)C1=O. The number of halogens is 2. The molecule has 3 rings (SSSR count). The highest BCUT2D eigenvalue weighted by atomic mass is 19.2. The molecule has 0 N–H and O–H groups in total. The number of nitrogens with zero attached hydrogens (tertiary/aromatic N) is 3. The van der Waals surface area contributed by atoms with E-state index >= 15 is 0 Å². The van der Waals surface area contributed by atoms with Crippen molar-refractivity contribution in [1.29, 1.82) is 0 Å². The molecule has 2 aliphatic rings. The number of carbonyl (C=O) groups is 2. The van der Waals surface area contributed by atoms with Gasteiger partial charge >= 0.3 is 6.03 Å². The van der Waals surface area contributed by atoms with Gasteiger partial charge in [0.15, 0.2) is 11.6 Å². The molecule has 1 atom stereocenters. The number of benzene rings is 1. The van der Waals surface area contributed by atoms with Gasteiger partial charge in [-0.15, -0.1) is 0 Å². The van der Waals surface area contributed by atoms with E-state index in [-0.39, 0.29) is 24.5 Å². The molecule has 1 aromatic carbocycles. The van der Waals surface area contributed by atoms with Gasteiger partial charge in [0.05, 0.1) is 0 Å². The van der Waals surface area contributed by atoms with Gasteiger partial charge in [0.25, 0.3) is 0 Å². The Morgan fingerprint density at radius 1 is 1.16 bits per heavy atom. The van der Waals surface area contributed by atoms with Crippen molar-refractivity contribution in [2.24, 2.45) is 0 Å². The fourth-order valence-electron chi connectivity index (χ4n) is 3.63. The summed E-state index contributed by atoms with van der Waals surface area (Å²) in [6, 6.07) is 3.30. The molecule has 0 aromatic heterocycles. The van der Waals surface area contributed by atoms with Crippen molar-refractivity contribution in [3.8, 4) is 0 Å². The van der Waals surface area contributed by atoms with Gasteiger partial charge in [0, 0.05) is 37.4 Å². The van der Waals surface area contributed by atoms with Gasteiger partial charge in [-0.3, -0.25) is 9.69 Å². The molecule has 3 amide bonds. The number of likely N-dealkylation sites (tertiary alicyclic amines) is 1. The largest absolute Gasteiger partial charge is 0.338 e. The second-order valence-electron chi connectivity index (χ2n) is 6.60. The molecule has 0 aliphatic carbocycles. The van der Waals surface area contributed by atoms with E-state index < -0.39 is 11.6 Å². The van der Waals surface area contributed by atoms with Crippen LogP contribution in [-0.4, -0.2) is 54.0 Å². The Morgan fingerprint density at radius 3 is 2.68 bits per heavy atom. The number of hydrogen-bond acceptors (Lipinski definition) is 2. The molecule has 2 aliphatic heterocycles. The molecule has 136 valence electrons. The molecule has 1 aromatic rings. The first-order valence-electron chi connectivity index (χ1n) is 8.82. The summed E-state index contributed by atoms with van der Waals surface area (Å²) in [7, 11) is 0. The Morgan fingerprint density at radius 2 is 1.96 bits per heavy atom. The molecule has 7 heteroatoms. The van der Waals surface area contributed by atoms with Crippen LogP contribution in [0.1, 0.15) is 32.6 Å². The molecule has 0 spiro atoms. The molecule has 2 saturated heterocycles. The second kappa shape index (κ2) is 7.37. The lowest BCUT2D eigenvalue weighted by Crippen LogP contribution is -2.48. The topological polar surface area (TPSA) is 43.9 Å². The van der Waals surface area contributed by atoms with Crippen LogP contribution in [0.5, 0.6) is 0 Å². The Hall–Kier alpha value is -2.18. The highest BCUT2D eigenvalue weighted by Gasteiger charge is 2.34. The summed E-state index contributed by atoms with van der Waals surface area (Å²) in [5, 5.41) is 0. The fraction of sp³-hybridized carbons (Fsp3) is 0.556. The molecule has 5 nitrogen and oxygen atoms in total. The zero-order valence-electron chi connectivity index (χ0n) is 14.4. The lowest BCUT2D eigenvalue weighted by atomic mass is 10.00. The van der Waals surface area contributed by atoms with Crippen molar-refractivity contribution in [3.63, 3.8) is 0 Å². The molecule has 1 unspecified atom stereocenters. The molecular weight excluding hydrogens is 328 g/mol. The van der Waals surface area contributed by atoms with Crippen molar-refractivity contribution >= 4 is 17.6 Å². The predicted octanol–water partition coefficient (Wildman–Crippen LogP) is 3.00. The van der Waals surface area contributed by atoms with Crippen LogP contribution in [-0.2, 0) is 4.79 Å². The van der Waals surface area contributed by atoms with E-state index in [1.807, 2.05) is 4.90 Å². The van der Waals surface area contributed by atoms with Crippen LogP contribution in [0, 0.1) is 11.6 Å². The number of piperidine rings is 1. The lowest BCUT2D eigenvalue weighted by molar-refractivity contribution is -0.135. The first-order chi connectivity index (χ1) is 12.0. The quantitative estimate of drug-likeness (QED) is 0.837. The maximum absolute atomic E-state index is 13.4. The third kappa shape index (κ3) is 3.60. The number of rotatable bonds is 4. The van der Waals surface area contributed by atoms with Crippen molar-refractivity contribution in [1.82, 2.24) is 9.80 Å². The summed E-state index contributed by atoms with van der Waals surface area (Å²) in [5.74, 6) is -1.97. The minimum Gasteiger partial charge on any atom is -0.338 e. The summed E-state index contributed by atoms with van der Waals surface area (Å²) in [5.41, 5.74) is 0.309. The van der Waals surface area contributed by atoms with E-state index in [0.717, 1.165) is 44.4 Å². The van der Waals surface area contributed by atoms with Crippen LogP contribution in [0.3, 0.4) is 0 Å². The number of carbonyl (C=O) groups excluding carboxylic acids is 2. The van der Waals surface area contributed by atoms with Crippen LogP contribution in [0.25, 0.3) is 0 Å². The monoisotopic (exact) mass is 351 g/mol. The smallest absolute Gasteiger partial charge is 0.325 e. The van der Waals surface area contributed by atoms with Crippen molar-refractivity contribution in [3.05, 3.63) is 29.8 Å². The average Bonchev–Trinajstić information content (AvgIpc) is 2.98. The molecule has 25 heavy (non-hydrogen) atoms. The predicted molar refractivity (Wildman–Crippen MR) is 90.3 cm³/mol. The zero-order chi connectivity index (χ0) is 18.0. The number of amides is 3. The minimum atomic E-state index is -0.987. The van der Waals surface area contributed by atoms with Crippen LogP contribution in [0.15, 0.2) is 18.2 Å². The molecular formula is C18H23F2N3O2. The zero-order valence-corrected chi connectivity index (χ0v) is 14.4. The van der Waals surface area contributed by atoms with E-state index in [2.05, 4.69) is 6.92 Å². The van der Waals surface area contributed by atoms with Gasteiger partial charge in [0.1, 0.15) is 6.54 Å². The summed E-state index contributed by atoms with van der Waals surface area (Å²) in [6.45, 7) is 3.60. The van der Waals surface area contributed by atoms with Crippen LogP contribution >= 0.6 is 0 Å². The van der Waals surface area contributed by atoms with Crippen LogP contribution in [0.2, 0.25) is 0 Å². The normalized spacial score (nSPS) is 21.2. The van der Waals surface area contributed by atoms with Crippen LogP contribution < -0.4 is 4.90 Å². The fourth-order valence-corrected chi connectivity index (χ4v) is 3.63. The first kappa shape index (κ1) is 17.6. The Balaban J connectivity index is 1.65. The van der Waals surface area contributed by atoms with Gasteiger partial charge in [-0.25, -0.2) is 13.6 Å². The second-order valence-corrected chi connectivity index (χ2v) is 6.60. The van der Waals surface area contributed by atoms with Gasteiger partial charge < -0.3 is 9.80 Å². The van der Waals surface area contributed by atoms with Gasteiger partial charge in [-0.1, -0.05) is 6.92 Å². The van der Waals surface area contributed by atoms with Gasteiger partial charge in [-0.05, 0) is 37.8 Å². The van der Waals surface area contributed by atoms with E-state index in [1.165, 1.54) is 15.9 Å². The Labute approximate surface area is 146 Å². The van der Waals surface area contributed by atoms with Gasteiger partial charge in [0.2, 0.25) is 5.91 Å². The standard InChI is InChI=1S/C18H23F2N3O2/c1-2-13-5-3-4-8-22(13)17(24)12-21-9-10-23(18(21)25)14-6-7-15(19)16(20)11-14/h6-7,11,13H,2-5,8-10,12H2,1H3.